The zero-order chi connectivity index (χ0) is 23.3. The van der Waals surface area contributed by atoms with Gasteiger partial charge < -0.3 is 14.8 Å². The number of amides is 2. The van der Waals surface area contributed by atoms with Crippen molar-refractivity contribution in [1.82, 2.24) is 4.98 Å². The highest BCUT2D eigenvalue weighted by atomic mass is 32.1. The Morgan fingerprint density at radius 3 is 2.56 bits per heavy atom. The minimum atomic E-state index is -0.715. The fraction of sp³-hybridized carbons (Fsp3) is 0.261. The van der Waals surface area contributed by atoms with E-state index in [1.807, 2.05) is 12.3 Å². The molecule has 0 atom stereocenters. The second-order valence-electron chi connectivity index (χ2n) is 7.95. The summed E-state index contributed by atoms with van der Waals surface area (Å²) >= 11 is 1.53. The number of benzene rings is 2. The number of halogens is 1. The smallest absolute Gasteiger partial charge is 0.412 e. The highest BCUT2D eigenvalue weighted by Gasteiger charge is 2.18. The second kappa shape index (κ2) is 9.78. The lowest BCUT2D eigenvalue weighted by atomic mass is 10.2. The highest BCUT2D eigenvalue weighted by Crippen LogP contribution is 2.25. The molecule has 0 radical (unpaired) electrons. The summed E-state index contributed by atoms with van der Waals surface area (Å²) in [4.78, 5) is 29.2. The van der Waals surface area contributed by atoms with Crippen LogP contribution in [-0.2, 0) is 11.3 Å². The Morgan fingerprint density at radius 1 is 1.09 bits per heavy atom. The molecule has 3 rings (SSSR count). The maximum absolute atomic E-state index is 13.8. The predicted octanol–water partition coefficient (Wildman–Crippen LogP) is 5.77. The number of aromatic nitrogens is 1. The zero-order valence-electron chi connectivity index (χ0n) is 18.2. The maximum atomic E-state index is 13.8. The van der Waals surface area contributed by atoms with Crippen molar-refractivity contribution in [2.24, 2.45) is 0 Å². The molecule has 2 aromatic carbocycles. The molecular weight excluding hydrogens is 433 g/mol. The van der Waals surface area contributed by atoms with Crippen LogP contribution in [0.15, 0.2) is 47.8 Å². The molecule has 0 saturated carbocycles. The van der Waals surface area contributed by atoms with Gasteiger partial charge in [0.25, 0.3) is 5.91 Å². The monoisotopic (exact) mass is 457 g/mol. The van der Waals surface area contributed by atoms with Crippen LogP contribution in [0.1, 0.15) is 41.8 Å². The van der Waals surface area contributed by atoms with Gasteiger partial charge in [0.2, 0.25) is 0 Å². The molecular formula is C23H24FN3O4S. The van der Waals surface area contributed by atoms with Crippen LogP contribution >= 0.6 is 11.3 Å². The summed E-state index contributed by atoms with van der Waals surface area (Å²) in [5, 5.41) is 8.01. The molecule has 1 aromatic heterocycles. The number of nitrogens with one attached hydrogen (secondary N) is 2. The molecule has 0 spiro atoms. The average Bonchev–Trinajstić information content (AvgIpc) is 3.12. The molecule has 2 amide bonds. The van der Waals surface area contributed by atoms with Crippen molar-refractivity contribution in [1.29, 1.82) is 0 Å². The number of hydrogen-bond donors (Lipinski definition) is 2. The number of aryl methyl sites for hydroxylation is 1. The zero-order valence-corrected chi connectivity index (χ0v) is 19.0. The van der Waals surface area contributed by atoms with E-state index in [0.29, 0.717) is 11.3 Å². The van der Waals surface area contributed by atoms with Crippen molar-refractivity contribution in [3.63, 3.8) is 0 Å². The van der Waals surface area contributed by atoms with Crippen LogP contribution in [0.3, 0.4) is 0 Å². The quantitative estimate of drug-likeness (QED) is 0.491. The van der Waals surface area contributed by atoms with Gasteiger partial charge in [-0.15, -0.1) is 11.3 Å². The lowest BCUT2D eigenvalue weighted by Gasteiger charge is -2.20. The van der Waals surface area contributed by atoms with Crippen LogP contribution < -0.4 is 15.4 Å². The first kappa shape index (κ1) is 23.2. The molecule has 168 valence electrons. The Hall–Kier alpha value is -3.46. The summed E-state index contributed by atoms with van der Waals surface area (Å²) in [7, 11) is 0. The van der Waals surface area contributed by atoms with Crippen molar-refractivity contribution < 1.29 is 23.5 Å². The van der Waals surface area contributed by atoms with E-state index in [0.717, 1.165) is 16.8 Å². The lowest BCUT2D eigenvalue weighted by molar-refractivity contribution is 0.0635. The molecule has 0 aliphatic carbocycles. The van der Waals surface area contributed by atoms with Gasteiger partial charge in [0.15, 0.2) is 0 Å². The maximum Gasteiger partial charge on any atom is 0.412 e. The van der Waals surface area contributed by atoms with Gasteiger partial charge in [0.05, 0.1) is 22.1 Å². The summed E-state index contributed by atoms with van der Waals surface area (Å²) in [6.07, 6.45) is -0.715. The molecule has 0 fully saturated rings. The van der Waals surface area contributed by atoms with Gasteiger partial charge >= 0.3 is 6.09 Å². The third-order valence-electron chi connectivity index (χ3n) is 4.01. The molecule has 0 unspecified atom stereocenters. The fourth-order valence-corrected chi connectivity index (χ4v) is 3.29. The predicted molar refractivity (Wildman–Crippen MR) is 122 cm³/mol. The van der Waals surface area contributed by atoms with E-state index in [-0.39, 0.29) is 18.0 Å². The Kier molecular flexibility index (Phi) is 7.09. The molecule has 3 aromatic rings. The van der Waals surface area contributed by atoms with Crippen molar-refractivity contribution in [2.45, 2.75) is 39.9 Å². The molecule has 0 aliphatic heterocycles. The first-order valence-electron chi connectivity index (χ1n) is 9.84. The molecule has 32 heavy (non-hydrogen) atoms. The topological polar surface area (TPSA) is 89.5 Å². The fourth-order valence-electron chi connectivity index (χ4n) is 2.70. The summed E-state index contributed by atoms with van der Waals surface area (Å²) in [5.74, 6) is -0.557. The summed E-state index contributed by atoms with van der Waals surface area (Å²) in [5.41, 5.74) is 0.723. The minimum Gasteiger partial charge on any atom is -0.487 e. The summed E-state index contributed by atoms with van der Waals surface area (Å²) in [6, 6.07) is 10.2. The molecule has 2 N–H and O–H groups in total. The van der Waals surface area contributed by atoms with Crippen LogP contribution in [0.2, 0.25) is 0 Å². The number of thiazole rings is 1. The van der Waals surface area contributed by atoms with Gasteiger partial charge in [-0.1, -0.05) is 6.07 Å². The van der Waals surface area contributed by atoms with Crippen LogP contribution in [0.5, 0.6) is 5.75 Å². The van der Waals surface area contributed by atoms with Crippen molar-refractivity contribution in [3.8, 4) is 5.75 Å². The average molecular weight is 458 g/mol. The van der Waals surface area contributed by atoms with Gasteiger partial charge in [0.1, 0.15) is 23.8 Å². The van der Waals surface area contributed by atoms with Crippen LogP contribution in [0, 0.1) is 12.7 Å². The third-order valence-corrected chi connectivity index (χ3v) is 4.84. The summed E-state index contributed by atoms with van der Waals surface area (Å²) < 4.78 is 24.8. The largest absolute Gasteiger partial charge is 0.487 e. The Balaban J connectivity index is 1.71. The third kappa shape index (κ3) is 6.78. The Labute approximate surface area is 189 Å². The number of anilines is 2. The van der Waals surface area contributed by atoms with E-state index in [9.17, 15) is 14.0 Å². The van der Waals surface area contributed by atoms with Crippen LogP contribution in [0.4, 0.5) is 20.6 Å². The highest BCUT2D eigenvalue weighted by molar-refractivity contribution is 7.09. The first-order chi connectivity index (χ1) is 15.1. The van der Waals surface area contributed by atoms with Crippen LogP contribution in [-0.4, -0.2) is 22.6 Å². The van der Waals surface area contributed by atoms with E-state index in [1.54, 1.807) is 45.0 Å². The standard InChI is InChI=1S/C23H24FN3O4S/c1-14-25-17(13-32-14)12-30-18-7-5-6-15(10-18)21(28)26-20-11-16(24)8-9-19(20)27-22(29)31-23(2,3)4/h5-11,13H,12H2,1-4H3,(H,26,28)(H,27,29). The number of carbonyl (C=O) groups is 2. The Bertz CT molecular complexity index is 1120. The normalized spacial score (nSPS) is 11.0. The number of carbonyl (C=O) groups excluding carboxylic acids is 2. The molecule has 0 aliphatic rings. The number of rotatable bonds is 6. The lowest BCUT2D eigenvalue weighted by Crippen LogP contribution is -2.27. The first-order valence-corrected chi connectivity index (χ1v) is 10.7. The molecule has 0 saturated heterocycles. The van der Waals surface area contributed by atoms with Gasteiger partial charge in [-0.25, -0.2) is 14.2 Å². The molecule has 7 nitrogen and oxygen atoms in total. The minimum absolute atomic E-state index is 0.102. The van der Waals surface area contributed by atoms with E-state index < -0.39 is 23.4 Å². The molecule has 1 heterocycles. The second-order valence-corrected chi connectivity index (χ2v) is 9.01. The molecule has 0 bridgehead atoms. The van der Waals surface area contributed by atoms with Gasteiger partial charge in [-0.2, -0.15) is 0 Å². The van der Waals surface area contributed by atoms with E-state index in [1.165, 1.54) is 23.5 Å². The van der Waals surface area contributed by atoms with E-state index in [4.69, 9.17) is 9.47 Å². The van der Waals surface area contributed by atoms with Gasteiger partial charge in [-0.3, -0.25) is 10.1 Å². The number of nitrogens with zero attached hydrogens (tertiary/aromatic N) is 1. The van der Waals surface area contributed by atoms with Crippen molar-refractivity contribution >= 4 is 34.7 Å². The van der Waals surface area contributed by atoms with Crippen LogP contribution in [0.25, 0.3) is 0 Å². The van der Waals surface area contributed by atoms with Gasteiger partial charge in [0, 0.05) is 10.9 Å². The van der Waals surface area contributed by atoms with Crippen molar-refractivity contribution in [3.05, 3.63) is 69.9 Å². The van der Waals surface area contributed by atoms with E-state index >= 15 is 0 Å². The molecule has 9 heteroatoms. The van der Waals surface area contributed by atoms with Gasteiger partial charge in [-0.05, 0) is 64.1 Å². The van der Waals surface area contributed by atoms with Crippen molar-refractivity contribution in [2.75, 3.05) is 10.6 Å². The number of ether oxygens (including phenoxy) is 2. The Morgan fingerprint density at radius 2 is 1.88 bits per heavy atom. The number of hydrogen-bond acceptors (Lipinski definition) is 6. The van der Waals surface area contributed by atoms with E-state index in [2.05, 4.69) is 15.6 Å². The summed E-state index contributed by atoms with van der Waals surface area (Å²) in [6.45, 7) is 7.38. The SMILES string of the molecule is Cc1nc(COc2cccc(C(=O)Nc3cc(F)ccc3NC(=O)OC(C)(C)C)c2)cs1.